The number of hydrogen-bond acceptors (Lipinski definition) is 4. The molecule has 5 nitrogen and oxygen atoms in total. The predicted molar refractivity (Wildman–Crippen MR) is 109 cm³/mol. The molecule has 3 aromatic rings. The third-order valence-corrected chi connectivity index (χ3v) is 6.31. The molecular weight excluding hydrogens is 430 g/mol. The molecule has 0 aliphatic heterocycles. The summed E-state index contributed by atoms with van der Waals surface area (Å²) >= 11 is 3.31. The molecule has 1 N–H and O–H groups in total. The topological polar surface area (TPSA) is 76.4 Å². The number of rotatable bonds is 6. The number of benzene rings is 2. The van der Waals surface area contributed by atoms with Gasteiger partial charge in [-0.05, 0) is 37.6 Å². The van der Waals surface area contributed by atoms with Gasteiger partial charge in [0.15, 0.2) is 9.84 Å². The first kappa shape index (κ1) is 19.6. The Labute approximate surface area is 166 Å². The number of sulfone groups is 1. The number of carbonyl (C=O) groups excluding carboxylic acids is 1. The summed E-state index contributed by atoms with van der Waals surface area (Å²) in [6.07, 6.45) is 0. The number of amides is 1. The van der Waals surface area contributed by atoms with Crippen LogP contribution in [0.3, 0.4) is 0 Å². The Kier molecular flexibility index (Phi) is 5.72. The van der Waals surface area contributed by atoms with Crippen molar-refractivity contribution in [3.8, 4) is 0 Å². The van der Waals surface area contributed by atoms with E-state index in [1.54, 1.807) is 31.2 Å². The zero-order valence-electron chi connectivity index (χ0n) is 15.0. The first-order valence-electron chi connectivity index (χ1n) is 8.47. The van der Waals surface area contributed by atoms with E-state index in [1.807, 2.05) is 31.2 Å². The Hall–Kier alpha value is -2.12. The molecule has 142 valence electrons. The van der Waals surface area contributed by atoms with Crippen molar-refractivity contribution >= 4 is 42.6 Å². The van der Waals surface area contributed by atoms with E-state index in [0.717, 1.165) is 21.0 Å². The number of furan rings is 1. The number of carbonyl (C=O) groups is 1. The van der Waals surface area contributed by atoms with E-state index in [1.165, 1.54) is 0 Å². The van der Waals surface area contributed by atoms with Gasteiger partial charge in [0.1, 0.15) is 17.1 Å². The Morgan fingerprint density at radius 2 is 1.81 bits per heavy atom. The van der Waals surface area contributed by atoms with Crippen molar-refractivity contribution in [1.82, 2.24) is 5.32 Å². The molecule has 1 amide bonds. The highest BCUT2D eigenvalue weighted by molar-refractivity contribution is 9.10. The van der Waals surface area contributed by atoms with E-state index in [0.29, 0.717) is 11.3 Å². The van der Waals surface area contributed by atoms with Crippen molar-refractivity contribution in [2.75, 3.05) is 5.75 Å². The monoisotopic (exact) mass is 449 g/mol. The zero-order chi connectivity index (χ0) is 19.6. The van der Waals surface area contributed by atoms with Gasteiger partial charge in [0.25, 0.3) is 0 Å². The number of fused-ring (bicyclic) bond motifs is 1. The number of aryl methyl sites for hydroxylation is 1. The minimum atomic E-state index is -3.57. The summed E-state index contributed by atoms with van der Waals surface area (Å²) in [6, 6.07) is 14.2. The van der Waals surface area contributed by atoms with E-state index >= 15 is 0 Å². The van der Waals surface area contributed by atoms with Gasteiger partial charge in [-0.2, -0.15) is 0 Å². The molecular formula is C20H20BrNO4S. The lowest BCUT2D eigenvalue weighted by Gasteiger charge is -2.13. The summed E-state index contributed by atoms with van der Waals surface area (Å²) in [5.41, 5.74) is 2.33. The van der Waals surface area contributed by atoms with Gasteiger partial charge in [-0.1, -0.05) is 46.3 Å². The molecule has 0 spiro atoms. The highest BCUT2D eigenvalue weighted by Gasteiger charge is 2.22. The Bertz CT molecular complexity index is 1070. The van der Waals surface area contributed by atoms with Crippen molar-refractivity contribution in [3.05, 3.63) is 69.9 Å². The maximum Gasteiger partial charge on any atom is 0.235 e. The molecule has 1 aromatic heterocycles. The smallest absolute Gasteiger partial charge is 0.235 e. The fraction of sp³-hybridized carbons (Fsp3) is 0.250. The molecule has 0 saturated heterocycles. The van der Waals surface area contributed by atoms with Crippen LogP contribution in [0.1, 0.15) is 29.9 Å². The molecule has 0 aliphatic rings. The van der Waals surface area contributed by atoms with Crippen LogP contribution in [-0.4, -0.2) is 20.1 Å². The average Bonchev–Trinajstić information content (AvgIpc) is 2.93. The van der Waals surface area contributed by atoms with Gasteiger partial charge < -0.3 is 9.73 Å². The van der Waals surface area contributed by atoms with E-state index in [2.05, 4.69) is 21.2 Å². The normalized spacial score (nSPS) is 12.9. The van der Waals surface area contributed by atoms with Crippen molar-refractivity contribution in [2.45, 2.75) is 25.6 Å². The first-order chi connectivity index (χ1) is 12.7. The van der Waals surface area contributed by atoms with Gasteiger partial charge in [-0.25, -0.2) is 8.42 Å². The minimum Gasteiger partial charge on any atom is -0.459 e. The maximum absolute atomic E-state index is 12.3. The highest BCUT2D eigenvalue weighted by Crippen LogP contribution is 2.29. The van der Waals surface area contributed by atoms with Crippen LogP contribution in [0.5, 0.6) is 0 Å². The second-order valence-corrected chi connectivity index (χ2v) is 9.52. The molecule has 0 bridgehead atoms. The lowest BCUT2D eigenvalue weighted by atomic mass is 10.1. The van der Waals surface area contributed by atoms with Crippen LogP contribution in [0.25, 0.3) is 11.0 Å². The van der Waals surface area contributed by atoms with Crippen LogP contribution >= 0.6 is 15.9 Å². The maximum atomic E-state index is 12.3. The largest absolute Gasteiger partial charge is 0.459 e. The predicted octanol–water partition coefficient (Wildman–Crippen LogP) is 4.30. The van der Waals surface area contributed by atoms with Crippen molar-refractivity contribution in [2.24, 2.45) is 0 Å². The van der Waals surface area contributed by atoms with Crippen LogP contribution in [-0.2, 0) is 20.4 Å². The van der Waals surface area contributed by atoms with Crippen LogP contribution in [0.2, 0.25) is 0 Å². The van der Waals surface area contributed by atoms with Crippen molar-refractivity contribution in [3.63, 3.8) is 0 Å². The van der Waals surface area contributed by atoms with Gasteiger partial charge in [-0.3, -0.25) is 4.79 Å². The summed E-state index contributed by atoms with van der Waals surface area (Å²) in [6.45, 7) is 3.71. The summed E-state index contributed by atoms with van der Waals surface area (Å²) in [4.78, 5) is 12.3. The molecule has 3 rings (SSSR count). The third kappa shape index (κ3) is 4.78. The molecule has 7 heteroatoms. The second-order valence-electron chi connectivity index (χ2n) is 6.54. The second kappa shape index (κ2) is 7.86. The summed E-state index contributed by atoms with van der Waals surface area (Å²) in [5.74, 6) is -0.646. The highest BCUT2D eigenvalue weighted by atomic mass is 79.9. The van der Waals surface area contributed by atoms with E-state index < -0.39 is 27.5 Å². The standard InChI is InChI=1S/C20H20BrNO4S/c1-13-17-5-3-4-6-18(17)26-20(13)14(2)22-19(23)12-27(24,25)11-15-7-9-16(21)10-8-15/h3-10,14H,11-12H2,1-2H3,(H,22,23). The lowest BCUT2D eigenvalue weighted by molar-refractivity contribution is -0.119. The van der Waals surface area contributed by atoms with Gasteiger partial charge in [0.05, 0.1) is 11.8 Å². The molecule has 1 unspecified atom stereocenters. The quantitative estimate of drug-likeness (QED) is 0.608. The fourth-order valence-corrected chi connectivity index (χ4v) is 4.59. The number of nitrogens with one attached hydrogen (secondary N) is 1. The number of para-hydroxylation sites is 1. The van der Waals surface area contributed by atoms with Crippen molar-refractivity contribution < 1.29 is 17.6 Å². The molecule has 0 aliphatic carbocycles. The first-order valence-corrected chi connectivity index (χ1v) is 11.1. The summed E-state index contributed by atoms with van der Waals surface area (Å²) < 4.78 is 31.4. The zero-order valence-corrected chi connectivity index (χ0v) is 17.4. The molecule has 0 radical (unpaired) electrons. The number of hydrogen-bond donors (Lipinski definition) is 1. The Morgan fingerprint density at radius 3 is 2.48 bits per heavy atom. The molecule has 1 atom stereocenters. The third-order valence-electron chi connectivity index (χ3n) is 4.30. The van der Waals surface area contributed by atoms with Gasteiger partial charge in [-0.15, -0.1) is 0 Å². The Morgan fingerprint density at radius 1 is 1.15 bits per heavy atom. The Balaban J connectivity index is 1.67. The van der Waals surface area contributed by atoms with E-state index in [9.17, 15) is 13.2 Å². The molecule has 0 saturated carbocycles. The molecule has 2 aromatic carbocycles. The number of halogens is 1. The molecule has 27 heavy (non-hydrogen) atoms. The van der Waals surface area contributed by atoms with Crippen molar-refractivity contribution in [1.29, 1.82) is 0 Å². The average molecular weight is 450 g/mol. The summed E-state index contributed by atoms with van der Waals surface area (Å²) in [5, 5.41) is 3.71. The van der Waals surface area contributed by atoms with Gasteiger partial charge in [0.2, 0.25) is 5.91 Å². The fourth-order valence-electron chi connectivity index (χ4n) is 3.04. The van der Waals surface area contributed by atoms with Crippen LogP contribution in [0.15, 0.2) is 57.4 Å². The SMILES string of the molecule is Cc1c(C(C)NC(=O)CS(=O)(=O)Cc2ccc(Br)cc2)oc2ccccc12. The van der Waals surface area contributed by atoms with Gasteiger partial charge in [0, 0.05) is 15.4 Å². The van der Waals surface area contributed by atoms with Crippen LogP contribution < -0.4 is 5.32 Å². The van der Waals surface area contributed by atoms with Crippen LogP contribution in [0.4, 0.5) is 0 Å². The molecule has 0 fully saturated rings. The van der Waals surface area contributed by atoms with E-state index in [4.69, 9.17) is 4.42 Å². The lowest BCUT2D eigenvalue weighted by Crippen LogP contribution is -2.32. The summed E-state index contributed by atoms with van der Waals surface area (Å²) in [7, 11) is -3.57. The molecule has 1 heterocycles. The van der Waals surface area contributed by atoms with Gasteiger partial charge >= 0.3 is 0 Å². The van der Waals surface area contributed by atoms with Crippen LogP contribution in [0, 0.1) is 6.92 Å². The van der Waals surface area contributed by atoms with E-state index in [-0.39, 0.29) is 5.75 Å². The minimum absolute atomic E-state index is 0.175.